The first-order valence-corrected chi connectivity index (χ1v) is 5.49. The predicted molar refractivity (Wildman–Crippen MR) is 60.0 cm³/mol. The van der Waals surface area contributed by atoms with Crippen molar-refractivity contribution in [2.45, 2.75) is 30.7 Å². The molecule has 4 heteroatoms. The summed E-state index contributed by atoms with van der Waals surface area (Å²) in [5, 5.41) is 31.5. The van der Waals surface area contributed by atoms with Crippen molar-refractivity contribution in [3.8, 4) is 0 Å². The fraction of sp³-hybridized carbons (Fsp3) is 0.500. The van der Waals surface area contributed by atoms with Crippen molar-refractivity contribution in [3.05, 3.63) is 35.9 Å². The molecule has 0 bridgehead atoms. The maximum atomic E-state index is 9.80. The minimum Gasteiger partial charge on any atom is -0.395 e. The van der Waals surface area contributed by atoms with Gasteiger partial charge in [0.25, 0.3) is 0 Å². The van der Waals surface area contributed by atoms with Gasteiger partial charge in [-0.25, -0.2) is 0 Å². The molecule has 4 atom stereocenters. The lowest BCUT2D eigenvalue weighted by atomic mass is 10.0. The second-order valence-corrected chi connectivity index (χ2v) is 4.23. The molecule has 1 saturated heterocycles. The Kier molecular flexibility index (Phi) is 3.56. The van der Waals surface area contributed by atoms with Crippen LogP contribution in [0.3, 0.4) is 0 Å². The number of benzene rings is 1. The number of aliphatic hydroxyl groups is 3. The number of aliphatic hydroxyl groups excluding tert-OH is 3. The van der Waals surface area contributed by atoms with Gasteiger partial charge in [0.2, 0.25) is 0 Å². The van der Waals surface area contributed by atoms with Crippen molar-refractivity contribution < 1.29 is 15.3 Å². The van der Waals surface area contributed by atoms with Crippen molar-refractivity contribution >= 4 is 0 Å². The monoisotopic (exact) mass is 223 g/mol. The van der Waals surface area contributed by atoms with Gasteiger partial charge >= 0.3 is 0 Å². The summed E-state index contributed by atoms with van der Waals surface area (Å²) in [6.45, 7) is -0.163. The maximum Gasteiger partial charge on any atom is 0.0989 e. The molecule has 16 heavy (non-hydrogen) atoms. The van der Waals surface area contributed by atoms with E-state index in [0.29, 0.717) is 6.42 Å². The molecule has 0 amide bonds. The summed E-state index contributed by atoms with van der Waals surface area (Å²) in [6.07, 6.45) is -1.06. The number of hydrogen-bond donors (Lipinski definition) is 4. The third kappa shape index (κ3) is 2.25. The van der Waals surface area contributed by atoms with E-state index in [1.807, 2.05) is 30.3 Å². The molecule has 2 rings (SSSR count). The van der Waals surface area contributed by atoms with E-state index in [1.165, 1.54) is 0 Å². The third-order valence-corrected chi connectivity index (χ3v) is 3.10. The first kappa shape index (κ1) is 11.5. The minimum absolute atomic E-state index is 0.163. The van der Waals surface area contributed by atoms with Crippen molar-refractivity contribution in [2.24, 2.45) is 0 Å². The summed E-state index contributed by atoms with van der Waals surface area (Å²) in [5.74, 6) is 0. The lowest BCUT2D eigenvalue weighted by molar-refractivity contribution is 0.0197. The molecule has 1 fully saturated rings. The van der Waals surface area contributed by atoms with Gasteiger partial charge in [-0.15, -0.1) is 0 Å². The van der Waals surface area contributed by atoms with Crippen LogP contribution in [-0.4, -0.2) is 46.2 Å². The fourth-order valence-electron chi connectivity index (χ4n) is 2.16. The molecule has 1 aliphatic heterocycles. The molecule has 0 saturated carbocycles. The molecule has 4 nitrogen and oxygen atoms in total. The second-order valence-electron chi connectivity index (χ2n) is 4.23. The Bertz CT molecular complexity index is 330. The Morgan fingerprint density at radius 2 is 1.62 bits per heavy atom. The van der Waals surface area contributed by atoms with Gasteiger partial charge in [-0.1, -0.05) is 30.3 Å². The summed E-state index contributed by atoms with van der Waals surface area (Å²) < 4.78 is 0. The van der Waals surface area contributed by atoms with E-state index in [0.717, 1.165) is 5.56 Å². The molecule has 1 aromatic rings. The van der Waals surface area contributed by atoms with Crippen LogP contribution in [0, 0.1) is 0 Å². The Hall–Kier alpha value is -0.940. The molecule has 88 valence electrons. The summed E-state index contributed by atoms with van der Waals surface area (Å²) in [4.78, 5) is 0. The molecule has 1 heterocycles. The van der Waals surface area contributed by atoms with E-state index < -0.39 is 18.2 Å². The molecule has 1 unspecified atom stereocenters. The highest BCUT2D eigenvalue weighted by molar-refractivity contribution is 5.17. The summed E-state index contributed by atoms with van der Waals surface area (Å²) in [7, 11) is 0. The van der Waals surface area contributed by atoms with Crippen molar-refractivity contribution in [2.75, 3.05) is 6.61 Å². The van der Waals surface area contributed by atoms with Crippen molar-refractivity contribution in [1.29, 1.82) is 0 Å². The van der Waals surface area contributed by atoms with E-state index in [2.05, 4.69) is 5.32 Å². The first-order chi connectivity index (χ1) is 7.72. The van der Waals surface area contributed by atoms with Gasteiger partial charge in [-0.3, -0.25) is 0 Å². The Balaban J connectivity index is 2.01. The molecule has 0 aliphatic carbocycles. The maximum absolute atomic E-state index is 9.80. The van der Waals surface area contributed by atoms with Crippen LogP contribution >= 0.6 is 0 Å². The smallest absolute Gasteiger partial charge is 0.0989 e. The lowest BCUT2D eigenvalue weighted by Gasteiger charge is -2.15. The highest BCUT2D eigenvalue weighted by Crippen LogP contribution is 2.17. The second kappa shape index (κ2) is 4.93. The average molecular weight is 223 g/mol. The van der Waals surface area contributed by atoms with Gasteiger partial charge in [-0.2, -0.15) is 0 Å². The number of nitrogens with one attached hydrogen (secondary N) is 1. The minimum atomic E-state index is -0.890. The standard InChI is InChI=1S/C12H17NO3/c14-7-10-12(16)11(15)9(13-10)6-8-4-2-1-3-5-8/h1-5,9-16H,6-7H2/t9?,10-,11-,12-/m1/s1. The zero-order chi connectivity index (χ0) is 11.5. The van der Waals surface area contributed by atoms with Gasteiger partial charge in [0.05, 0.1) is 24.9 Å². The Labute approximate surface area is 94.5 Å². The number of rotatable bonds is 3. The van der Waals surface area contributed by atoms with E-state index >= 15 is 0 Å². The first-order valence-electron chi connectivity index (χ1n) is 5.49. The van der Waals surface area contributed by atoms with E-state index in [-0.39, 0.29) is 12.6 Å². The van der Waals surface area contributed by atoms with E-state index in [4.69, 9.17) is 5.11 Å². The van der Waals surface area contributed by atoms with Crippen LogP contribution in [0.25, 0.3) is 0 Å². The van der Waals surface area contributed by atoms with Crippen LogP contribution in [0.1, 0.15) is 5.56 Å². The third-order valence-electron chi connectivity index (χ3n) is 3.10. The normalized spacial score (nSPS) is 34.2. The zero-order valence-electron chi connectivity index (χ0n) is 8.95. The highest BCUT2D eigenvalue weighted by Gasteiger charge is 2.40. The van der Waals surface area contributed by atoms with E-state index in [1.54, 1.807) is 0 Å². The molecule has 0 aromatic heterocycles. The van der Waals surface area contributed by atoms with Gasteiger partial charge in [-0.05, 0) is 12.0 Å². The zero-order valence-corrected chi connectivity index (χ0v) is 8.95. The average Bonchev–Trinajstić information content (AvgIpc) is 2.58. The van der Waals surface area contributed by atoms with Crippen LogP contribution in [0.15, 0.2) is 30.3 Å². The largest absolute Gasteiger partial charge is 0.395 e. The van der Waals surface area contributed by atoms with Crippen LogP contribution in [0.5, 0.6) is 0 Å². The topological polar surface area (TPSA) is 72.7 Å². The molecule has 4 N–H and O–H groups in total. The summed E-state index contributed by atoms with van der Waals surface area (Å²) in [5.41, 5.74) is 1.10. The van der Waals surface area contributed by atoms with Crippen LogP contribution in [0.4, 0.5) is 0 Å². The molecule has 0 spiro atoms. The Morgan fingerprint density at radius 3 is 2.19 bits per heavy atom. The van der Waals surface area contributed by atoms with Crippen molar-refractivity contribution in [1.82, 2.24) is 5.32 Å². The van der Waals surface area contributed by atoms with Gasteiger partial charge in [0, 0.05) is 6.04 Å². The van der Waals surface area contributed by atoms with Crippen LogP contribution < -0.4 is 5.32 Å². The number of hydrogen-bond acceptors (Lipinski definition) is 4. The van der Waals surface area contributed by atoms with Crippen molar-refractivity contribution in [3.63, 3.8) is 0 Å². The van der Waals surface area contributed by atoms with Gasteiger partial charge in [0.15, 0.2) is 0 Å². The molecule has 0 radical (unpaired) electrons. The van der Waals surface area contributed by atoms with Crippen LogP contribution in [-0.2, 0) is 6.42 Å². The van der Waals surface area contributed by atoms with Crippen LogP contribution in [0.2, 0.25) is 0 Å². The van der Waals surface area contributed by atoms with E-state index in [9.17, 15) is 10.2 Å². The quantitative estimate of drug-likeness (QED) is 0.546. The highest BCUT2D eigenvalue weighted by atomic mass is 16.3. The molecular weight excluding hydrogens is 206 g/mol. The SMILES string of the molecule is OC[C@H]1NC(Cc2ccccc2)[C@@H](O)[C@@H]1O. The summed E-state index contributed by atoms with van der Waals surface area (Å²) >= 11 is 0. The Morgan fingerprint density at radius 1 is 1.00 bits per heavy atom. The molecule has 1 aromatic carbocycles. The molecule has 1 aliphatic rings. The lowest BCUT2D eigenvalue weighted by Crippen LogP contribution is -2.36. The predicted octanol–water partition coefficient (Wildman–Crippen LogP) is -0.716. The van der Waals surface area contributed by atoms with Gasteiger partial charge in [0.1, 0.15) is 0 Å². The summed E-state index contributed by atoms with van der Waals surface area (Å²) in [6, 6.07) is 9.15. The van der Waals surface area contributed by atoms with Gasteiger partial charge < -0.3 is 20.6 Å². The molecular formula is C12H17NO3. The fourth-order valence-corrected chi connectivity index (χ4v) is 2.16.